The second-order valence-electron chi connectivity index (χ2n) is 5.70. The molecule has 1 N–H and O–H groups in total. The summed E-state index contributed by atoms with van der Waals surface area (Å²) in [4.78, 5) is 12.7. The molecule has 1 amide bonds. The molecule has 1 saturated heterocycles. The van der Waals surface area contributed by atoms with Crippen LogP contribution in [0.1, 0.15) is 26.9 Å². The summed E-state index contributed by atoms with van der Waals surface area (Å²) >= 11 is 7.35. The zero-order valence-electron chi connectivity index (χ0n) is 14.6. The number of thioether (sulfide) groups is 2. The van der Waals surface area contributed by atoms with Gasteiger partial charge in [-0.05, 0) is 63.7 Å². The number of hydrogen-bond acceptors (Lipinski definition) is 5. The fraction of sp³-hybridized carbons (Fsp3) is 0.316. The molecule has 0 radical (unpaired) electrons. The zero-order valence-corrected chi connectivity index (χ0v) is 17.8. The van der Waals surface area contributed by atoms with Gasteiger partial charge in [0.05, 0.1) is 18.8 Å². The van der Waals surface area contributed by atoms with Gasteiger partial charge in [0.1, 0.15) is 16.0 Å². The number of methoxy groups -OCH3 is 2. The highest BCUT2D eigenvalue weighted by molar-refractivity contribution is 9.10. The van der Waals surface area contributed by atoms with E-state index in [0.717, 1.165) is 5.69 Å². The normalized spacial score (nSPS) is 14.7. The van der Waals surface area contributed by atoms with Crippen LogP contribution in [0.15, 0.2) is 40.9 Å². The summed E-state index contributed by atoms with van der Waals surface area (Å²) in [5.74, 6) is 3.28. The molecule has 0 spiro atoms. The second-order valence-corrected chi connectivity index (χ2v) is 9.22. The van der Waals surface area contributed by atoms with E-state index in [-0.39, 0.29) is 5.91 Å². The van der Waals surface area contributed by atoms with E-state index in [0.29, 0.717) is 26.1 Å². The lowest BCUT2D eigenvalue weighted by atomic mass is 10.1. The van der Waals surface area contributed by atoms with E-state index in [2.05, 4.69) is 33.4 Å². The maximum Gasteiger partial charge on any atom is 0.255 e. The summed E-state index contributed by atoms with van der Waals surface area (Å²) < 4.78 is 11.8. The summed E-state index contributed by atoms with van der Waals surface area (Å²) in [5, 5.41) is 2.98. The van der Waals surface area contributed by atoms with Crippen LogP contribution < -0.4 is 14.8 Å². The Morgan fingerprint density at radius 3 is 2.38 bits per heavy atom. The third-order valence-electron chi connectivity index (χ3n) is 3.95. The summed E-state index contributed by atoms with van der Waals surface area (Å²) in [5.41, 5.74) is 2.51. The van der Waals surface area contributed by atoms with Crippen molar-refractivity contribution in [2.75, 3.05) is 31.0 Å². The van der Waals surface area contributed by atoms with Crippen LogP contribution in [0.2, 0.25) is 0 Å². The number of rotatable bonds is 5. The Balaban J connectivity index is 1.80. The van der Waals surface area contributed by atoms with Crippen LogP contribution in [-0.2, 0) is 0 Å². The lowest BCUT2D eigenvalue weighted by Crippen LogP contribution is -2.13. The van der Waals surface area contributed by atoms with Crippen molar-refractivity contribution in [3.05, 3.63) is 52.0 Å². The Bertz CT molecular complexity index is 769. The van der Waals surface area contributed by atoms with Crippen molar-refractivity contribution in [3.8, 4) is 11.5 Å². The molecule has 0 unspecified atom stereocenters. The van der Waals surface area contributed by atoms with E-state index >= 15 is 0 Å². The first-order valence-electron chi connectivity index (χ1n) is 8.18. The third-order valence-corrected chi connectivity index (χ3v) is 7.75. The molecule has 0 atom stereocenters. The molecule has 2 aromatic rings. The first-order valence-corrected chi connectivity index (χ1v) is 11.1. The van der Waals surface area contributed by atoms with Gasteiger partial charge in [0.15, 0.2) is 0 Å². The quantitative estimate of drug-likeness (QED) is 0.639. The minimum absolute atomic E-state index is 0.199. The van der Waals surface area contributed by atoms with Gasteiger partial charge in [0.25, 0.3) is 5.91 Å². The summed E-state index contributed by atoms with van der Waals surface area (Å²) in [6.07, 6.45) is 1.26. The molecule has 0 aliphatic carbocycles. The molecule has 1 heterocycles. The number of amides is 1. The Labute approximate surface area is 170 Å². The van der Waals surface area contributed by atoms with Gasteiger partial charge < -0.3 is 14.8 Å². The van der Waals surface area contributed by atoms with Crippen molar-refractivity contribution in [3.63, 3.8) is 0 Å². The van der Waals surface area contributed by atoms with E-state index in [1.807, 2.05) is 35.7 Å². The summed E-state index contributed by atoms with van der Waals surface area (Å²) in [6.45, 7) is 0. The number of carbonyl (C=O) groups excluding carboxylic acids is 1. The van der Waals surface area contributed by atoms with Gasteiger partial charge in [-0.25, -0.2) is 0 Å². The minimum Gasteiger partial charge on any atom is -0.495 e. The fourth-order valence-electron chi connectivity index (χ4n) is 2.65. The van der Waals surface area contributed by atoms with Crippen molar-refractivity contribution in [2.45, 2.75) is 11.0 Å². The molecule has 1 aliphatic rings. The van der Waals surface area contributed by atoms with Crippen LogP contribution in [0, 0.1) is 0 Å². The van der Waals surface area contributed by atoms with Crippen LogP contribution >= 0.6 is 39.5 Å². The van der Waals surface area contributed by atoms with E-state index in [1.54, 1.807) is 26.4 Å². The van der Waals surface area contributed by atoms with Crippen molar-refractivity contribution in [2.24, 2.45) is 0 Å². The van der Waals surface area contributed by atoms with Crippen LogP contribution in [0.3, 0.4) is 0 Å². The van der Waals surface area contributed by atoms with Crippen LogP contribution in [0.5, 0.6) is 11.5 Å². The molecule has 1 fully saturated rings. The number of ether oxygens (including phenoxy) is 2. The first kappa shape index (κ1) is 19.5. The van der Waals surface area contributed by atoms with Gasteiger partial charge in [0.2, 0.25) is 0 Å². The van der Waals surface area contributed by atoms with Crippen molar-refractivity contribution < 1.29 is 14.3 Å². The van der Waals surface area contributed by atoms with Gasteiger partial charge >= 0.3 is 0 Å². The van der Waals surface area contributed by atoms with E-state index in [9.17, 15) is 4.79 Å². The molecule has 0 bridgehead atoms. The molecular weight excluding hydrogens is 434 g/mol. The predicted octanol–water partition coefficient (Wildman–Crippen LogP) is 5.59. The van der Waals surface area contributed by atoms with E-state index in [1.165, 1.54) is 23.5 Å². The highest BCUT2D eigenvalue weighted by Crippen LogP contribution is 2.44. The fourth-order valence-corrected chi connectivity index (χ4v) is 6.07. The van der Waals surface area contributed by atoms with Crippen LogP contribution in [-0.4, -0.2) is 31.6 Å². The van der Waals surface area contributed by atoms with Gasteiger partial charge in [0, 0.05) is 11.3 Å². The molecule has 0 aromatic heterocycles. The third kappa shape index (κ3) is 4.50. The maximum absolute atomic E-state index is 12.7. The molecule has 7 heteroatoms. The van der Waals surface area contributed by atoms with Gasteiger partial charge in [-0.2, -0.15) is 0 Å². The van der Waals surface area contributed by atoms with Crippen LogP contribution in [0.25, 0.3) is 0 Å². The highest BCUT2D eigenvalue weighted by Gasteiger charge is 2.18. The summed E-state index contributed by atoms with van der Waals surface area (Å²) in [7, 11) is 3.12. The number of hydrogen-bond donors (Lipinski definition) is 1. The number of anilines is 1. The SMILES string of the molecule is COc1cc(C(=O)Nc2cccc(C3SCCCS3)c2)cc(OC)c1Br. The molecule has 4 nitrogen and oxygen atoms in total. The van der Waals surface area contributed by atoms with Crippen molar-refractivity contribution in [1.29, 1.82) is 0 Å². The Kier molecular flexibility index (Phi) is 6.78. The number of benzene rings is 2. The summed E-state index contributed by atoms with van der Waals surface area (Å²) in [6, 6.07) is 11.5. The largest absolute Gasteiger partial charge is 0.495 e. The number of carbonyl (C=O) groups is 1. The smallest absolute Gasteiger partial charge is 0.255 e. The van der Waals surface area contributed by atoms with Crippen molar-refractivity contribution in [1.82, 2.24) is 0 Å². The van der Waals surface area contributed by atoms with Gasteiger partial charge in [-0.1, -0.05) is 12.1 Å². The Morgan fingerprint density at radius 1 is 1.12 bits per heavy atom. The number of nitrogens with one attached hydrogen (secondary N) is 1. The molecular formula is C19H20BrNO3S2. The lowest BCUT2D eigenvalue weighted by Gasteiger charge is -2.21. The standard InChI is InChI=1S/C19H20BrNO3S2/c1-23-15-10-13(11-16(24-2)17(15)20)18(22)21-14-6-3-5-12(9-14)19-25-7-4-8-26-19/h3,5-6,9-11,19H,4,7-8H2,1-2H3,(H,21,22). The molecule has 138 valence electrons. The van der Waals surface area contributed by atoms with Gasteiger partial charge in [-0.15, -0.1) is 23.5 Å². The minimum atomic E-state index is -0.199. The zero-order chi connectivity index (χ0) is 18.5. The monoisotopic (exact) mass is 453 g/mol. The van der Waals surface area contributed by atoms with E-state index in [4.69, 9.17) is 9.47 Å². The average Bonchev–Trinajstić information content (AvgIpc) is 2.69. The topological polar surface area (TPSA) is 47.6 Å². The molecule has 26 heavy (non-hydrogen) atoms. The predicted molar refractivity (Wildman–Crippen MR) is 114 cm³/mol. The second kappa shape index (κ2) is 9.06. The van der Waals surface area contributed by atoms with Crippen molar-refractivity contribution >= 4 is 51.0 Å². The Hall–Kier alpha value is -1.31. The van der Waals surface area contributed by atoms with Crippen LogP contribution in [0.4, 0.5) is 5.69 Å². The first-order chi connectivity index (χ1) is 12.6. The highest BCUT2D eigenvalue weighted by atomic mass is 79.9. The number of halogens is 1. The molecule has 3 rings (SSSR count). The average molecular weight is 454 g/mol. The molecule has 0 saturated carbocycles. The maximum atomic E-state index is 12.7. The lowest BCUT2D eigenvalue weighted by molar-refractivity contribution is 0.102. The van der Waals surface area contributed by atoms with Gasteiger partial charge in [-0.3, -0.25) is 4.79 Å². The molecule has 1 aliphatic heterocycles. The molecule has 2 aromatic carbocycles. The Morgan fingerprint density at radius 2 is 1.77 bits per heavy atom. The van der Waals surface area contributed by atoms with E-state index < -0.39 is 0 Å².